The third-order valence-corrected chi connectivity index (χ3v) is 10.7. The Bertz CT molecular complexity index is 3090. The zero-order valence-electron chi connectivity index (χ0n) is 39.4. The van der Waals surface area contributed by atoms with Gasteiger partial charge in [-0.3, -0.25) is 9.59 Å². The van der Waals surface area contributed by atoms with Crippen molar-refractivity contribution in [3.8, 4) is 69.0 Å². The first-order valence-electron chi connectivity index (χ1n) is 22.7. The second kappa shape index (κ2) is 22.0. The smallest absolute Gasteiger partial charge is 0.338 e. The molecule has 9 rings (SSSR count). The molecular weight excluding hydrogens is 941 g/mol. The van der Waals surface area contributed by atoms with E-state index in [0.717, 1.165) is 0 Å². The van der Waals surface area contributed by atoms with Gasteiger partial charge in [0.05, 0.1) is 12.7 Å². The lowest BCUT2D eigenvalue weighted by Gasteiger charge is -2.14. The summed E-state index contributed by atoms with van der Waals surface area (Å²) < 4.78 is 41.6. The highest BCUT2D eigenvalue weighted by atomic mass is 16.5. The number of anilines is 6. The Morgan fingerprint density at radius 2 is 0.514 bits per heavy atom. The lowest BCUT2D eigenvalue weighted by atomic mass is 10.1. The van der Waals surface area contributed by atoms with Gasteiger partial charge in [0.2, 0.25) is 0 Å². The van der Waals surface area contributed by atoms with Crippen molar-refractivity contribution >= 4 is 51.9 Å². The van der Waals surface area contributed by atoms with Gasteiger partial charge in [-0.05, 0) is 182 Å². The Balaban J connectivity index is 0.867. The zero-order valence-corrected chi connectivity index (χ0v) is 39.4. The summed E-state index contributed by atoms with van der Waals surface area (Å²) in [5.41, 5.74) is 27.3. The molecule has 0 atom stereocenters. The van der Waals surface area contributed by atoms with E-state index in [0.29, 0.717) is 91.6 Å². The number of esters is 1. The molecule has 0 saturated carbocycles. The molecule has 0 fully saturated rings. The van der Waals surface area contributed by atoms with E-state index in [1.165, 1.54) is 19.2 Å². The summed E-state index contributed by atoms with van der Waals surface area (Å²) >= 11 is 0. The molecule has 9 aromatic rings. The van der Waals surface area contributed by atoms with E-state index >= 15 is 0 Å². The van der Waals surface area contributed by atoms with E-state index in [2.05, 4.69) is 10.6 Å². The molecule has 368 valence electrons. The first-order valence-corrected chi connectivity index (χ1v) is 22.7. The molecule has 0 aromatic heterocycles. The van der Waals surface area contributed by atoms with Gasteiger partial charge in [-0.25, -0.2) is 4.79 Å². The third kappa shape index (κ3) is 13.0. The number of methoxy groups -OCH3 is 1. The Labute approximate surface area is 424 Å². The average molecular weight is 987 g/mol. The summed E-state index contributed by atoms with van der Waals surface area (Å²) in [5, 5.41) is 5.80. The van der Waals surface area contributed by atoms with Crippen LogP contribution in [0.4, 0.5) is 34.1 Å². The molecule has 0 aliphatic rings. The zero-order chi connectivity index (χ0) is 51.6. The maximum absolute atomic E-state index is 13.7. The molecular formula is C58H46N6O10. The summed E-state index contributed by atoms with van der Waals surface area (Å²) in [6.45, 7) is 0. The molecule has 0 aliphatic heterocycles. The number of nitrogen functional groups attached to an aromatic ring is 4. The van der Waals surface area contributed by atoms with E-state index in [-0.39, 0.29) is 28.2 Å². The standard InChI is InChI=1S/C58H46N6O10/c1-68-58(67)37-30-54(73-48-22-10-42(11-23-48)63-56(65)35-26-50(69-44-14-2-38(59)3-15-44)32-51(27-35)70-45-16-4-39(60)5-17-45)34-55(31-37)74-49-24-12-43(13-25-49)64-57(66)36-28-52(71-46-18-6-40(61)7-19-46)33-53(29-36)72-47-20-8-41(62)9-21-47/h2-34H,59-62H2,1H3,(H,63,65)(H,64,66). The normalized spacial score (nSPS) is 10.6. The molecule has 0 spiro atoms. The van der Waals surface area contributed by atoms with Gasteiger partial charge in [0.15, 0.2) is 0 Å². The van der Waals surface area contributed by atoms with E-state index in [1.807, 2.05) is 0 Å². The van der Waals surface area contributed by atoms with E-state index < -0.39 is 17.8 Å². The SMILES string of the molecule is COC(=O)c1cc(Oc2ccc(NC(=O)c3cc(Oc4ccc(N)cc4)cc(Oc4ccc(N)cc4)c3)cc2)cc(Oc2ccc(NC(=O)c3cc(Oc4ccc(N)cc4)cc(Oc4ccc(N)cc4)c3)cc2)c1. The van der Waals surface area contributed by atoms with E-state index in [4.69, 9.17) is 56.1 Å². The average Bonchev–Trinajstić information content (AvgIpc) is 3.40. The van der Waals surface area contributed by atoms with Gasteiger partial charge < -0.3 is 66.7 Å². The summed E-state index contributed by atoms with van der Waals surface area (Å²) in [4.78, 5) is 40.2. The number of nitrogens with two attached hydrogens (primary N) is 4. The van der Waals surface area contributed by atoms with Crippen molar-refractivity contribution in [3.05, 3.63) is 217 Å². The van der Waals surface area contributed by atoms with Gasteiger partial charge >= 0.3 is 5.97 Å². The van der Waals surface area contributed by atoms with Crippen molar-refractivity contribution in [3.63, 3.8) is 0 Å². The number of carbonyl (C=O) groups is 3. The number of amides is 2. The van der Waals surface area contributed by atoms with Crippen LogP contribution in [0.15, 0.2) is 200 Å². The second-order valence-electron chi connectivity index (χ2n) is 16.4. The van der Waals surface area contributed by atoms with Gasteiger partial charge in [-0.1, -0.05) is 0 Å². The largest absolute Gasteiger partial charge is 0.465 e. The molecule has 0 bridgehead atoms. The van der Waals surface area contributed by atoms with Crippen LogP contribution in [0.2, 0.25) is 0 Å². The van der Waals surface area contributed by atoms with Crippen LogP contribution in [0.1, 0.15) is 31.1 Å². The van der Waals surface area contributed by atoms with Crippen LogP contribution in [0, 0.1) is 0 Å². The molecule has 0 aliphatic carbocycles. The number of nitrogens with one attached hydrogen (secondary N) is 2. The Hall–Kier alpha value is -10.6. The van der Waals surface area contributed by atoms with Crippen LogP contribution in [-0.4, -0.2) is 24.9 Å². The van der Waals surface area contributed by atoms with Gasteiger partial charge in [-0.15, -0.1) is 0 Å². The molecule has 9 aromatic carbocycles. The van der Waals surface area contributed by atoms with Crippen molar-refractivity contribution in [2.24, 2.45) is 0 Å². The van der Waals surface area contributed by atoms with Crippen LogP contribution in [-0.2, 0) is 4.74 Å². The van der Waals surface area contributed by atoms with Gasteiger partial charge in [0.25, 0.3) is 11.8 Å². The molecule has 0 radical (unpaired) electrons. The van der Waals surface area contributed by atoms with Crippen LogP contribution in [0.3, 0.4) is 0 Å². The summed E-state index contributed by atoms with van der Waals surface area (Å²) in [7, 11) is 1.27. The number of hydrogen-bond acceptors (Lipinski definition) is 14. The highest BCUT2D eigenvalue weighted by Crippen LogP contribution is 2.36. The van der Waals surface area contributed by atoms with Gasteiger partial charge in [0.1, 0.15) is 69.0 Å². The summed E-state index contributed by atoms with van der Waals surface area (Å²) in [5.74, 6) is 3.28. The number of benzene rings is 9. The van der Waals surface area contributed by atoms with E-state index in [1.54, 1.807) is 188 Å². The highest BCUT2D eigenvalue weighted by Gasteiger charge is 2.17. The van der Waals surface area contributed by atoms with Crippen LogP contribution < -0.4 is 62.0 Å². The predicted molar refractivity (Wildman–Crippen MR) is 283 cm³/mol. The number of carbonyl (C=O) groups excluding carboxylic acids is 3. The number of ether oxygens (including phenoxy) is 7. The molecule has 0 unspecified atom stereocenters. The van der Waals surface area contributed by atoms with Crippen LogP contribution in [0.5, 0.6) is 69.0 Å². The predicted octanol–water partition coefficient (Wildman–Crippen LogP) is 13.1. The number of rotatable bonds is 17. The second-order valence-corrected chi connectivity index (χ2v) is 16.4. The highest BCUT2D eigenvalue weighted by molar-refractivity contribution is 6.05. The molecule has 0 heterocycles. The molecule has 16 nitrogen and oxygen atoms in total. The minimum absolute atomic E-state index is 0.164. The van der Waals surface area contributed by atoms with Gasteiger partial charge in [-0.2, -0.15) is 0 Å². The molecule has 74 heavy (non-hydrogen) atoms. The fourth-order valence-electron chi connectivity index (χ4n) is 7.15. The van der Waals surface area contributed by atoms with Crippen molar-refractivity contribution in [1.29, 1.82) is 0 Å². The maximum Gasteiger partial charge on any atom is 0.338 e. The maximum atomic E-state index is 13.7. The van der Waals surface area contributed by atoms with Gasteiger partial charge in [0, 0.05) is 63.5 Å². The topological polar surface area (TPSA) is 244 Å². The summed E-state index contributed by atoms with van der Waals surface area (Å²) in [6.07, 6.45) is 0. The fourth-order valence-corrected chi connectivity index (χ4v) is 7.15. The Morgan fingerprint density at radius 1 is 0.297 bits per heavy atom. The molecule has 2 amide bonds. The third-order valence-electron chi connectivity index (χ3n) is 10.7. The first-order chi connectivity index (χ1) is 35.8. The lowest BCUT2D eigenvalue weighted by Crippen LogP contribution is -2.12. The van der Waals surface area contributed by atoms with Crippen molar-refractivity contribution in [2.75, 3.05) is 40.7 Å². The fraction of sp³-hybridized carbons (Fsp3) is 0.0172. The first kappa shape index (κ1) is 48.4. The molecule has 10 N–H and O–H groups in total. The van der Waals surface area contributed by atoms with Crippen molar-refractivity contribution in [1.82, 2.24) is 0 Å². The van der Waals surface area contributed by atoms with Crippen molar-refractivity contribution in [2.45, 2.75) is 0 Å². The van der Waals surface area contributed by atoms with Crippen LogP contribution >= 0.6 is 0 Å². The minimum Gasteiger partial charge on any atom is -0.465 e. The number of hydrogen-bond donors (Lipinski definition) is 6. The monoisotopic (exact) mass is 986 g/mol. The molecule has 0 saturated heterocycles. The minimum atomic E-state index is -0.619. The quantitative estimate of drug-likeness (QED) is 0.0367. The summed E-state index contributed by atoms with van der Waals surface area (Å²) in [6, 6.07) is 55.0. The molecule has 16 heteroatoms. The Morgan fingerprint density at radius 3 is 0.743 bits per heavy atom. The van der Waals surface area contributed by atoms with Crippen molar-refractivity contribution < 1.29 is 47.5 Å². The van der Waals surface area contributed by atoms with Crippen LogP contribution in [0.25, 0.3) is 0 Å². The lowest BCUT2D eigenvalue weighted by molar-refractivity contribution is 0.0599. The Kier molecular flexibility index (Phi) is 14.4. The van der Waals surface area contributed by atoms with E-state index in [9.17, 15) is 14.4 Å².